The predicted octanol–water partition coefficient (Wildman–Crippen LogP) is 3.52. The largest absolute Gasteiger partial charge is 0.477 e. The Kier molecular flexibility index (Phi) is 3.22. The Labute approximate surface area is 101 Å². The average molecular weight is 254 g/mol. The molecule has 0 aliphatic heterocycles. The van der Waals surface area contributed by atoms with E-state index < -0.39 is 5.97 Å². The van der Waals surface area contributed by atoms with Crippen LogP contribution in [0, 0.1) is 0 Å². The third-order valence-corrected chi connectivity index (χ3v) is 3.15. The second kappa shape index (κ2) is 4.63. The summed E-state index contributed by atoms with van der Waals surface area (Å²) in [6.07, 6.45) is 0. The molecule has 0 radical (unpaired) electrons. The van der Waals surface area contributed by atoms with E-state index in [2.05, 4.69) is 4.98 Å². The number of benzene rings is 1. The number of carboxylic acid groups (broad SMARTS) is 1. The van der Waals surface area contributed by atoms with E-state index in [9.17, 15) is 4.79 Å². The molecular weight excluding hydrogens is 246 g/mol. The number of nitrogens with one attached hydrogen (secondary N) is 1. The summed E-state index contributed by atoms with van der Waals surface area (Å²) < 4.78 is 0. The van der Waals surface area contributed by atoms with E-state index in [1.54, 1.807) is 24.3 Å². The summed E-state index contributed by atoms with van der Waals surface area (Å²) in [7, 11) is 0. The Hall–Kier alpha value is -1.39. The van der Waals surface area contributed by atoms with Gasteiger partial charge in [0.05, 0.1) is 5.03 Å². The lowest BCUT2D eigenvalue weighted by atomic mass is 10.4. The van der Waals surface area contributed by atoms with Crippen molar-refractivity contribution >= 4 is 29.3 Å². The van der Waals surface area contributed by atoms with Gasteiger partial charge in [0, 0.05) is 9.92 Å². The molecule has 0 amide bonds. The standard InChI is InChI=1S/C11H8ClNO2S/c12-7-1-3-8(4-2-7)16-10-6-5-9(13-10)11(14)15/h1-6,13H,(H,14,15). The Morgan fingerprint density at radius 2 is 1.88 bits per heavy atom. The number of carbonyl (C=O) groups is 1. The van der Waals surface area contributed by atoms with Gasteiger partial charge in [0.1, 0.15) is 5.69 Å². The fraction of sp³-hybridized carbons (Fsp3) is 0. The van der Waals surface area contributed by atoms with E-state index in [1.165, 1.54) is 11.8 Å². The first-order valence-electron chi connectivity index (χ1n) is 4.51. The summed E-state index contributed by atoms with van der Waals surface area (Å²) in [5.41, 5.74) is 0.191. The smallest absolute Gasteiger partial charge is 0.352 e. The van der Waals surface area contributed by atoms with Crippen molar-refractivity contribution in [1.29, 1.82) is 0 Å². The minimum Gasteiger partial charge on any atom is -0.477 e. The quantitative estimate of drug-likeness (QED) is 0.880. The molecule has 0 saturated heterocycles. The fourth-order valence-corrected chi connectivity index (χ4v) is 2.14. The van der Waals surface area contributed by atoms with Crippen molar-refractivity contribution in [1.82, 2.24) is 4.98 Å². The molecule has 5 heteroatoms. The Bertz CT molecular complexity index is 507. The lowest BCUT2D eigenvalue weighted by molar-refractivity contribution is 0.0691. The van der Waals surface area contributed by atoms with Crippen LogP contribution in [0.5, 0.6) is 0 Å². The zero-order valence-electron chi connectivity index (χ0n) is 8.11. The van der Waals surface area contributed by atoms with Crippen LogP contribution in [0.15, 0.2) is 46.3 Å². The number of aromatic carboxylic acids is 1. The molecule has 2 aromatic rings. The number of H-pyrrole nitrogens is 1. The minimum atomic E-state index is -0.956. The summed E-state index contributed by atoms with van der Waals surface area (Å²) in [6, 6.07) is 10.6. The third-order valence-electron chi connectivity index (χ3n) is 1.93. The van der Waals surface area contributed by atoms with Crippen molar-refractivity contribution in [2.45, 2.75) is 9.92 Å². The van der Waals surface area contributed by atoms with Crippen LogP contribution in [-0.4, -0.2) is 16.1 Å². The van der Waals surface area contributed by atoms with Crippen LogP contribution >= 0.6 is 23.4 Å². The van der Waals surface area contributed by atoms with Crippen molar-refractivity contribution in [3.8, 4) is 0 Å². The van der Waals surface area contributed by atoms with Gasteiger partial charge >= 0.3 is 5.97 Å². The number of hydrogen-bond donors (Lipinski definition) is 2. The van der Waals surface area contributed by atoms with E-state index in [-0.39, 0.29) is 5.69 Å². The van der Waals surface area contributed by atoms with E-state index in [4.69, 9.17) is 16.7 Å². The molecule has 2 N–H and O–H groups in total. The van der Waals surface area contributed by atoms with Gasteiger partial charge in [-0.05, 0) is 36.4 Å². The summed E-state index contributed by atoms with van der Waals surface area (Å²) in [5, 5.41) is 10.2. The first-order valence-corrected chi connectivity index (χ1v) is 5.70. The van der Waals surface area contributed by atoms with Crippen LogP contribution in [0.4, 0.5) is 0 Å². The summed E-state index contributed by atoms with van der Waals surface area (Å²) in [4.78, 5) is 14.5. The molecule has 0 spiro atoms. The Morgan fingerprint density at radius 3 is 2.44 bits per heavy atom. The molecule has 2 rings (SSSR count). The zero-order chi connectivity index (χ0) is 11.5. The molecular formula is C11H8ClNO2S. The maximum atomic E-state index is 10.7. The van der Waals surface area contributed by atoms with Crippen molar-refractivity contribution in [3.63, 3.8) is 0 Å². The number of halogens is 1. The first kappa shape index (κ1) is 11.1. The van der Waals surface area contributed by atoms with Crippen LogP contribution in [0.25, 0.3) is 0 Å². The normalized spacial score (nSPS) is 10.3. The van der Waals surface area contributed by atoms with Crippen molar-refractivity contribution < 1.29 is 9.90 Å². The second-order valence-electron chi connectivity index (χ2n) is 3.10. The molecule has 0 atom stereocenters. The highest BCUT2D eigenvalue weighted by atomic mass is 35.5. The van der Waals surface area contributed by atoms with Crippen LogP contribution in [0.1, 0.15) is 10.5 Å². The van der Waals surface area contributed by atoms with Gasteiger partial charge in [0.15, 0.2) is 0 Å². The topological polar surface area (TPSA) is 53.1 Å². The van der Waals surface area contributed by atoms with Gasteiger partial charge in [-0.1, -0.05) is 23.4 Å². The van der Waals surface area contributed by atoms with Crippen molar-refractivity contribution in [2.75, 3.05) is 0 Å². The van der Waals surface area contributed by atoms with Gasteiger partial charge < -0.3 is 10.1 Å². The first-order chi connectivity index (χ1) is 7.65. The number of carboxylic acids is 1. The lowest BCUT2D eigenvalue weighted by Crippen LogP contribution is -1.95. The Balaban J connectivity index is 2.14. The van der Waals surface area contributed by atoms with E-state index in [0.717, 1.165) is 9.92 Å². The van der Waals surface area contributed by atoms with Gasteiger partial charge in [-0.15, -0.1) is 0 Å². The van der Waals surface area contributed by atoms with Gasteiger partial charge in [0.2, 0.25) is 0 Å². The molecule has 0 bridgehead atoms. The van der Waals surface area contributed by atoms with Gasteiger partial charge in [0.25, 0.3) is 0 Å². The lowest BCUT2D eigenvalue weighted by Gasteiger charge is -1.98. The highest BCUT2D eigenvalue weighted by molar-refractivity contribution is 7.99. The van der Waals surface area contributed by atoms with E-state index in [1.807, 2.05) is 12.1 Å². The molecule has 0 aliphatic carbocycles. The van der Waals surface area contributed by atoms with Crippen LogP contribution in [0.3, 0.4) is 0 Å². The highest BCUT2D eigenvalue weighted by Gasteiger charge is 2.06. The monoisotopic (exact) mass is 253 g/mol. The fourth-order valence-electron chi connectivity index (χ4n) is 1.19. The Morgan fingerprint density at radius 1 is 1.19 bits per heavy atom. The summed E-state index contributed by atoms with van der Waals surface area (Å²) in [6.45, 7) is 0. The van der Waals surface area contributed by atoms with E-state index >= 15 is 0 Å². The number of aromatic amines is 1. The molecule has 3 nitrogen and oxygen atoms in total. The van der Waals surface area contributed by atoms with Gasteiger partial charge in [-0.3, -0.25) is 0 Å². The number of aromatic nitrogens is 1. The maximum absolute atomic E-state index is 10.7. The molecule has 82 valence electrons. The molecule has 0 aliphatic rings. The molecule has 0 saturated carbocycles. The zero-order valence-corrected chi connectivity index (χ0v) is 9.68. The average Bonchev–Trinajstić information content (AvgIpc) is 2.70. The van der Waals surface area contributed by atoms with Crippen molar-refractivity contribution in [2.24, 2.45) is 0 Å². The third kappa shape index (κ3) is 2.59. The van der Waals surface area contributed by atoms with Gasteiger partial charge in [-0.25, -0.2) is 4.79 Å². The van der Waals surface area contributed by atoms with Crippen LogP contribution < -0.4 is 0 Å². The van der Waals surface area contributed by atoms with Crippen molar-refractivity contribution in [3.05, 3.63) is 47.1 Å². The molecule has 16 heavy (non-hydrogen) atoms. The molecule has 1 aromatic heterocycles. The van der Waals surface area contributed by atoms with E-state index in [0.29, 0.717) is 5.02 Å². The maximum Gasteiger partial charge on any atom is 0.352 e. The van der Waals surface area contributed by atoms with Crippen LogP contribution in [0.2, 0.25) is 5.02 Å². The number of hydrogen-bond acceptors (Lipinski definition) is 2. The SMILES string of the molecule is O=C(O)c1ccc(Sc2ccc(Cl)cc2)[nH]1. The number of rotatable bonds is 3. The molecule has 0 fully saturated rings. The van der Waals surface area contributed by atoms with Gasteiger partial charge in [-0.2, -0.15) is 0 Å². The summed E-state index contributed by atoms with van der Waals surface area (Å²) >= 11 is 7.22. The minimum absolute atomic E-state index is 0.191. The second-order valence-corrected chi connectivity index (χ2v) is 4.65. The van der Waals surface area contributed by atoms with Crippen LogP contribution in [-0.2, 0) is 0 Å². The highest BCUT2D eigenvalue weighted by Crippen LogP contribution is 2.27. The molecule has 1 aromatic carbocycles. The summed E-state index contributed by atoms with van der Waals surface area (Å²) in [5.74, 6) is -0.956. The predicted molar refractivity (Wildman–Crippen MR) is 63.3 cm³/mol. The molecule has 0 unspecified atom stereocenters. The molecule has 1 heterocycles.